The zero-order chi connectivity index (χ0) is 17.1. The second-order valence-electron chi connectivity index (χ2n) is 5.30. The molecular weight excluding hydrogens is 349 g/mol. The fraction of sp³-hybridized carbons (Fsp3) is 0.176. The summed E-state index contributed by atoms with van der Waals surface area (Å²) in [6.07, 6.45) is 0. The molecule has 1 N–H and O–H groups in total. The summed E-state index contributed by atoms with van der Waals surface area (Å²) in [6.45, 7) is 2.69. The molecule has 4 nitrogen and oxygen atoms in total. The molecule has 24 heavy (non-hydrogen) atoms. The average molecular weight is 364 g/mol. The van der Waals surface area contributed by atoms with Gasteiger partial charge in [0.2, 0.25) is 0 Å². The van der Waals surface area contributed by atoms with Crippen LogP contribution in [0.15, 0.2) is 53.5 Å². The molecule has 7 heteroatoms. The Morgan fingerprint density at radius 1 is 1.25 bits per heavy atom. The number of nitrogens with one attached hydrogen (secondary N) is 1. The van der Waals surface area contributed by atoms with Gasteiger partial charge in [-0.15, -0.1) is 0 Å². The quantitative estimate of drug-likeness (QED) is 0.815. The summed E-state index contributed by atoms with van der Waals surface area (Å²) in [6, 6.07) is 12.2. The summed E-state index contributed by atoms with van der Waals surface area (Å²) in [7, 11) is 0. The van der Waals surface area contributed by atoms with Crippen molar-refractivity contribution in [1.82, 2.24) is 0 Å². The van der Waals surface area contributed by atoms with Crippen molar-refractivity contribution in [3.05, 3.63) is 59.4 Å². The van der Waals surface area contributed by atoms with Gasteiger partial charge in [-0.2, -0.15) is 0 Å². The lowest BCUT2D eigenvalue weighted by Gasteiger charge is -2.22. The smallest absolute Gasteiger partial charge is 0.307 e. The Bertz CT molecular complexity index is 764. The number of hydrogen-bond donors (Lipinski definition) is 1. The molecule has 124 valence electrons. The Hall–Kier alpha value is -2.05. The van der Waals surface area contributed by atoms with E-state index in [4.69, 9.17) is 11.6 Å². The second kappa shape index (κ2) is 7.23. The number of rotatable bonds is 2. The molecule has 0 saturated carbocycles. The Morgan fingerprint density at radius 3 is 2.50 bits per heavy atom. The van der Waals surface area contributed by atoms with E-state index >= 15 is 0 Å². The van der Waals surface area contributed by atoms with Crippen LogP contribution >= 0.6 is 23.4 Å². The number of anilines is 2. The van der Waals surface area contributed by atoms with Crippen molar-refractivity contribution in [2.75, 3.05) is 16.8 Å². The minimum absolute atomic E-state index is 0.297. The van der Waals surface area contributed by atoms with Crippen LogP contribution in [0.2, 0.25) is 5.02 Å². The van der Waals surface area contributed by atoms with Gasteiger partial charge in [-0.05, 0) is 48.5 Å². The van der Waals surface area contributed by atoms with E-state index in [1.165, 1.54) is 28.8 Å². The average Bonchev–Trinajstić information content (AvgIpc) is 2.98. The summed E-state index contributed by atoms with van der Waals surface area (Å²) in [5.41, 5.74) is 1.18. The Balaban J connectivity index is 1.87. The van der Waals surface area contributed by atoms with E-state index in [-0.39, 0.29) is 11.8 Å². The van der Waals surface area contributed by atoms with Crippen molar-refractivity contribution in [2.24, 2.45) is 4.99 Å². The van der Waals surface area contributed by atoms with Gasteiger partial charge >= 0.3 is 6.03 Å². The highest BCUT2D eigenvalue weighted by atomic mass is 35.5. The third-order valence-electron chi connectivity index (χ3n) is 3.36. The van der Waals surface area contributed by atoms with Crippen molar-refractivity contribution < 1.29 is 9.18 Å². The fourth-order valence-corrected chi connectivity index (χ4v) is 3.28. The van der Waals surface area contributed by atoms with Gasteiger partial charge in [-0.1, -0.05) is 30.3 Å². The van der Waals surface area contributed by atoms with Gasteiger partial charge in [-0.25, -0.2) is 14.1 Å². The molecule has 0 unspecified atom stereocenters. The van der Waals surface area contributed by atoms with Gasteiger partial charge in [0.05, 0.1) is 12.2 Å². The molecule has 1 aliphatic rings. The van der Waals surface area contributed by atoms with Crippen LogP contribution in [0.5, 0.6) is 0 Å². The molecule has 0 aliphatic carbocycles. The molecule has 1 atom stereocenters. The first-order chi connectivity index (χ1) is 11.5. The second-order valence-corrected chi connectivity index (χ2v) is 7.14. The van der Waals surface area contributed by atoms with E-state index in [0.717, 1.165) is 0 Å². The summed E-state index contributed by atoms with van der Waals surface area (Å²) >= 11 is 7.37. The monoisotopic (exact) mass is 363 g/mol. The number of thioether (sulfide) groups is 1. The summed E-state index contributed by atoms with van der Waals surface area (Å²) in [5.74, 6) is -0.355. The normalized spacial score (nSPS) is 16.6. The topological polar surface area (TPSA) is 44.7 Å². The van der Waals surface area contributed by atoms with Gasteiger partial charge in [-0.3, -0.25) is 4.99 Å². The van der Waals surface area contributed by atoms with Gasteiger partial charge in [0, 0.05) is 16.0 Å². The van der Waals surface area contributed by atoms with Crippen LogP contribution in [-0.2, 0) is 0 Å². The van der Waals surface area contributed by atoms with Crippen LogP contribution in [0.1, 0.15) is 6.92 Å². The third-order valence-corrected chi connectivity index (χ3v) is 4.69. The molecule has 0 fully saturated rings. The van der Waals surface area contributed by atoms with Crippen LogP contribution in [-0.4, -0.2) is 23.0 Å². The number of hydrogen-bond acceptors (Lipinski definition) is 3. The minimum atomic E-state index is -0.357. The first kappa shape index (κ1) is 16.8. The molecule has 1 aliphatic heterocycles. The summed E-state index contributed by atoms with van der Waals surface area (Å²) < 4.78 is 13.2. The molecule has 2 aromatic rings. The third kappa shape index (κ3) is 3.88. The van der Waals surface area contributed by atoms with E-state index in [2.05, 4.69) is 10.3 Å². The predicted molar refractivity (Wildman–Crippen MR) is 98.7 cm³/mol. The number of halogens is 2. The first-order valence-electron chi connectivity index (χ1n) is 7.36. The van der Waals surface area contributed by atoms with E-state index in [1.807, 2.05) is 6.92 Å². The predicted octanol–water partition coefficient (Wildman–Crippen LogP) is 5.01. The number of urea groups is 1. The van der Waals surface area contributed by atoms with E-state index in [1.54, 1.807) is 36.4 Å². The van der Waals surface area contributed by atoms with Crippen LogP contribution in [0.4, 0.5) is 20.6 Å². The van der Waals surface area contributed by atoms with Gasteiger partial charge in [0.1, 0.15) is 5.82 Å². The molecule has 0 radical (unpaired) electrons. The maximum absolute atomic E-state index is 13.2. The Morgan fingerprint density at radius 2 is 1.92 bits per heavy atom. The van der Waals surface area contributed by atoms with Crippen LogP contribution in [0.25, 0.3) is 0 Å². The van der Waals surface area contributed by atoms with Crippen LogP contribution < -0.4 is 10.2 Å². The zero-order valence-corrected chi connectivity index (χ0v) is 14.4. The molecule has 0 saturated heterocycles. The first-order valence-corrected chi connectivity index (χ1v) is 8.62. The molecule has 0 aromatic heterocycles. The molecule has 0 spiro atoms. The van der Waals surface area contributed by atoms with E-state index in [9.17, 15) is 9.18 Å². The number of carbonyl (C=O) groups is 1. The number of nitrogens with zero attached hydrogens (tertiary/aromatic N) is 2. The Kier molecular flexibility index (Phi) is 5.06. The molecule has 1 heterocycles. The van der Waals surface area contributed by atoms with Crippen molar-refractivity contribution in [1.29, 1.82) is 0 Å². The molecule has 0 bridgehead atoms. The minimum Gasteiger partial charge on any atom is -0.307 e. The molecule has 2 amide bonds. The zero-order valence-electron chi connectivity index (χ0n) is 12.9. The summed E-state index contributed by atoms with van der Waals surface area (Å²) in [5, 5.41) is 4.30. The molecular formula is C17H15ClFN3OS. The van der Waals surface area contributed by atoms with Crippen molar-refractivity contribution >= 4 is 45.9 Å². The number of amidine groups is 1. The number of carbonyl (C=O) groups excluding carboxylic acids is 1. The highest BCUT2D eigenvalue weighted by molar-refractivity contribution is 8.15. The van der Waals surface area contributed by atoms with Crippen LogP contribution in [0.3, 0.4) is 0 Å². The highest BCUT2D eigenvalue weighted by Crippen LogP contribution is 2.28. The molecule has 2 aromatic carbocycles. The lowest BCUT2D eigenvalue weighted by atomic mass is 10.3. The maximum Gasteiger partial charge on any atom is 0.332 e. The lowest BCUT2D eigenvalue weighted by molar-refractivity contribution is 0.259. The van der Waals surface area contributed by atoms with Crippen molar-refractivity contribution in [3.8, 4) is 0 Å². The summed E-state index contributed by atoms with van der Waals surface area (Å²) in [4.78, 5) is 18.7. The maximum atomic E-state index is 13.2. The van der Waals surface area contributed by atoms with Gasteiger partial charge in [0.15, 0.2) is 5.17 Å². The van der Waals surface area contributed by atoms with Crippen molar-refractivity contribution in [2.45, 2.75) is 12.2 Å². The Labute approximate surface area is 148 Å². The fourth-order valence-electron chi connectivity index (χ4n) is 2.20. The standard InChI is InChI=1S/C17H15ClFN3OS/c1-11-10-20-17(24-11)22(15-8-4-13(19)5-9-15)16(23)21-14-6-2-12(18)3-7-14/h2-9,11H,10H2,1H3,(H,21,23)/t11-/m0/s1. The van der Waals surface area contributed by atoms with Gasteiger partial charge in [0.25, 0.3) is 0 Å². The van der Waals surface area contributed by atoms with Crippen molar-refractivity contribution in [3.63, 3.8) is 0 Å². The van der Waals surface area contributed by atoms with Crippen LogP contribution in [0, 0.1) is 5.82 Å². The van der Waals surface area contributed by atoms with Gasteiger partial charge < -0.3 is 5.32 Å². The SMILES string of the molecule is C[C@H]1CN=C(N(C(=O)Nc2ccc(Cl)cc2)c2ccc(F)cc2)S1. The molecule has 3 rings (SSSR count). The number of aliphatic imine (C=N–C) groups is 1. The van der Waals surface area contributed by atoms with E-state index < -0.39 is 0 Å². The number of amides is 2. The number of benzene rings is 2. The highest BCUT2D eigenvalue weighted by Gasteiger charge is 2.27. The largest absolute Gasteiger partial charge is 0.332 e. The lowest BCUT2D eigenvalue weighted by Crippen LogP contribution is -2.38. The van der Waals surface area contributed by atoms with E-state index in [0.29, 0.717) is 33.4 Å².